The molecule has 2 N–H and O–H groups in total. The summed E-state index contributed by atoms with van der Waals surface area (Å²) < 4.78 is 28.7. The number of aliphatic hydroxyl groups is 1. The van der Waals surface area contributed by atoms with Gasteiger partial charge in [-0.3, -0.25) is 14.7 Å². The first-order valence-corrected chi connectivity index (χ1v) is 23.8. The number of hydrogen-bond donors (Lipinski definition) is 2. The van der Waals surface area contributed by atoms with Gasteiger partial charge >= 0.3 is 8.56 Å². The summed E-state index contributed by atoms with van der Waals surface area (Å²) in [6.45, 7) is 25.1. The van der Waals surface area contributed by atoms with Crippen LogP contribution in [0.15, 0.2) is 6.33 Å². The number of nitrogens with one attached hydrogen (secondary N) is 1. The lowest BCUT2D eigenvalue weighted by Crippen LogP contribution is -2.61. The van der Waals surface area contributed by atoms with Crippen LogP contribution in [-0.4, -0.2) is 88.4 Å². The van der Waals surface area contributed by atoms with Crippen molar-refractivity contribution >= 4 is 63.0 Å². The first-order chi connectivity index (χ1) is 22.3. The molecule has 2 fully saturated rings. The minimum atomic E-state index is -3.13. The summed E-state index contributed by atoms with van der Waals surface area (Å²) in [4.78, 5) is 25.8. The van der Waals surface area contributed by atoms with Crippen LogP contribution in [0.2, 0.25) is 35.9 Å². The number of rotatable bonds is 10. The minimum Gasteiger partial charge on any atom is -0.384 e. The molecule has 0 aliphatic carbocycles. The van der Waals surface area contributed by atoms with Crippen molar-refractivity contribution in [2.24, 2.45) is 5.92 Å². The van der Waals surface area contributed by atoms with E-state index in [0.29, 0.717) is 16.0 Å². The third-order valence-corrected chi connectivity index (χ3v) is 15.6. The van der Waals surface area contributed by atoms with Crippen molar-refractivity contribution < 1.29 is 28.2 Å². The number of ether oxygens (including phenoxy) is 2. The Morgan fingerprint density at radius 3 is 2.46 bits per heavy atom. The third-order valence-electron chi connectivity index (χ3n) is 8.64. The number of thioether (sulfide) groups is 1. The lowest BCUT2D eigenvalue weighted by Gasteiger charge is -2.46. The van der Waals surface area contributed by atoms with Crippen LogP contribution in [0.25, 0.3) is 11.2 Å². The number of carbonyl (C=O) groups is 1. The molecule has 0 spiro atoms. The Bertz CT molecular complexity index is 1510. The fourth-order valence-electron chi connectivity index (χ4n) is 6.16. The summed E-state index contributed by atoms with van der Waals surface area (Å²) in [7, 11) is -5.13. The van der Waals surface area contributed by atoms with Gasteiger partial charge in [-0.25, -0.2) is 4.98 Å². The van der Waals surface area contributed by atoms with Crippen molar-refractivity contribution in [2.75, 3.05) is 11.9 Å². The molecule has 15 heteroatoms. The van der Waals surface area contributed by atoms with Crippen molar-refractivity contribution in [3.8, 4) is 11.5 Å². The summed E-state index contributed by atoms with van der Waals surface area (Å²) in [5.41, 5.74) is 2.25. The maximum Gasteiger partial charge on any atom is 0.346 e. The van der Waals surface area contributed by atoms with Crippen LogP contribution < -0.4 is 5.32 Å². The van der Waals surface area contributed by atoms with E-state index in [0.717, 1.165) is 12.8 Å². The van der Waals surface area contributed by atoms with Gasteiger partial charge in [0.05, 0.1) is 12.9 Å². The Hall–Kier alpha value is -1.55. The van der Waals surface area contributed by atoms with Crippen molar-refractivity contribution in [3.05, 3.63) is 11.5 Å². The van der Waals surface area contributed by atoms with E-state index < -0.39 is 47.0 Å². The second-order valence-electron chi connectivity index (χ2n) is 15.1. The van der Waals surface area contributed by atoms with Gasteiger partial charge < -0.3 is 23.4 Å². The van der Waals surface area contributed by atoms with Crippen molar-refractivity contribution in [2.45, 2.75) is 147 Å². The Labute approximate surface area is 297 Å². The number of aromatic nitrogens is 4. The van der Waals surface area contributed by atoms with E-state index in [1.54, 1.807) is 18.4 Å². The standard InChI is InChI=1S/C33H54ClN5O6SSi2/c1-19(2)30(40)38-32-36-28(34)26-29(37-32)39(18-35-26)31-33(41,15-16-47(10,11)12)27-25(43-31)17-42-24(9)44-48(45-27,21(5)6)23(8)14-13-22(7)46-20(3)4/h18-25,27,31,41H,13-14,17H2,1-12H3,(H,36,37,38,40)/t22?,23?,24-,25-,27-,31-,33+,48?/m1/s1. The monoisotopic (exact) mass is 739 g/mol. The van der Waals surface area contributed by atoms with Gasteiger partial charge in [0.2, 0.25) is 11.9 Å². The highest BCUT2D eigenvalue weighted by Gasteiger charge is 2.63. The number of anilines is 1. The van der Waals surface area contributed by atoms with Gasteiger partial charge in [-0.2, -0.15) is 21.7 Å². The van der Waals surface area contributed by atoms with Gasteiger partial charge in [0.1, 0.15) is 32.1 Å². The van der Waals surface area contributed by atoms with Crippen LogP contribution in [0.1, 0.15) is 81.4 Å². The zero-order valence-corrected chi connectivity index (χ0v) is 34.0. The van der Waals surface area contributed by atoms with E-state index in [1.807, 2.05) is 18.7 Å². The molecule has 268 valence electrons. The maximum absolute atomic E-state index is 12.9. The van der Waals surface area contributed by atoms with Gasteiger partial charge in [-0.05, 0) is 30.6 Å². The van der Waals surface area contributed by atoms with Crippen LogP contribution in [0.5, 0.6) is 0 Å². The van der Waals surface area contributed by atoms with Crippen LogP contribution >= 0.6 is 23.4 Å². The molecule has 0 aromatic carbocycles. The molecule has 0 bridgehead atoms. The van der Waals surface area contributed by atoms with Crippen LogP contribution in [0, 0.1) is 17.4 Å². The molecule has 2 aromatic heterocycles. The SMILES string of the molecule is CC(C)SC(C)CCC(C)[Si]1(C(C)C)O[C@H](C)OC[C@H]2O[C@@H](n3cnc4c(Cl)nc(NC(=O)C(C)C)nc43)[C@](O)(C#C[Si](C)(C)C)[C@@H]2O1. The van der Waals surface area contributed by atoms with Crippen LogP contribution in [0.4, 0.5) is 5.95 Å². The molecule has 2 aliphatic rings. The van der Waals surface area contributed by atoms with Crippen LogP contribution in [-0.2, 0) is 23.1 Å². The molecule has 2 aliphatic heterocycles. The van der Waals surface area contributed by atoms with E-state index in [4.69, 9.17) is 29.9 Å². The van der Waals surface area contributed by atoms with Crippen molar-refractivity contribution in [1.29, 1.82) is 0 Å². The number of amides is 1. The lowest BCUT2D eigenvalue weighted by molar-refractivity contribution is -0.158. The molecule has 0 saturated carbocycles. The topological polar surface area (TPSA) is 130 Å². The lowest BCUT2D eigenvalue weighted by atomic mass is 9.95. The molecule has 2 aromatic rings. The number of halogens is 1. The number of fused-ring (bicyclic) bond motifs is 2. The van der Waals surface area contributed by atoms with Gasteiger partial charge in [0.15, 0.2) is 22.6 Å². The molecule has 2 saturated heterocycles. The van der Waals surface area contributed by atoms with Gasteiger partial charge in [0.25, 0.3) is 0 Å². The molecule has 0 radical (unpaired) electrons. The Kier molecular flexibility index (Phi) is 12.6. The summed E-state index contributed by atoms with van der Waals surface area (Å²) in [5, 5.41) is 16.7. The highest BCUT2D eigenvalue weighted by atomic mass is 35.5. The minimum absolute atomic E-state index is 0.0282. The summed E-state index contributed by atoms with van der Waals surface area (Å²) in [6, 6.07) is 0. The molecule has 4 heterocycles. The molecular weight excluding hydrogens is 686 g/mol. The molecular formula is C33H54ClN5O6SSi2. The number of carbonyl (C=O) groups excluding carboxylic acids is 1. The van der Waals surface area contributed by atoms with E-state index in [9.17, 15) is 9.90 Å². The second kappa shape index (κ2) is 15.4. The molecule has 1 amide bonds. The largest absolute Gasteiger partial charge is 0.384 e. The van der Waals surface area contributed by atoms with E-state index >= 15 is 0 Å². The fourth-order valence-corrected chi connectivity index (χ4v) is 12.2. The summed E-state index contributed by atoms with van der Waals surface area (Å²) >= 11 is 8.52. The normalized spacial score (nSPS) is 29.4. The number of imidazole rings is 1. The Morgan fingerprint density at radius 2 is 1.85 bits per heavy atom. The van der Waals surface area contributed by atoms with Gasteiger partial charge in [-0.15, -0.1) is 5.54 Å². The van der Waals surface area contributed by atoms with Gasteiger partial charge in [-0.1, -0.05) is 92.6 Å². The summed E-state index contributed by atoms with van der Waals surface area (Å²) in [6.07, 6.45) is 0.241. The van der Waals surface area contributed by atoms with E-state index in [-0.39, 0.29) is 46.3 Å². The first kappa shape index (κ1) is 39.2. The number of hydrogen-bond acceptors (Lipinski definition) is 10. The fraction of sp³-hybridized carbons (Fsp3) is 0.758. The number of nitrogens with zero attached hydrogens (tertiary/aromatic N) is 4. The van der Waals surface area contributed by atoms with E-state index in [2.05, 4.69) is 92.9 Å². The molecule has 48 heavy (non-hydrogen) atoms. The molecule has 8 atom stereocenters. The van der Waals surface area contributed by atoms with Crippen LogP contribution in [0.3, 0.4) is 0 Å². The van der Waals surface area contributed by atoms with Crippen molar-refractivity contribution in [1.82, 2.24) is 19.5 Å². The zero-order chi connectivity index (χ0) is 35.8. The predicted octanol–water partition coefficient (Wildman–Crippen LogP) is 6.91. The maximum atomic E-state index is 12.9. The average Bonchev–Trinajstić information content (AvgIpc) is 3.50. The predicted molar refractivity (Wildman–Crippen MR) is 197 cm³/mol. The quantitative estimate of drug-likeness (QED) is 0.151. The highest BCUT2D eigenvalue weighted by molar-refractivity contribution is 8.00. The van der Waals surface area contributed by atoms with Gasteiger partial charge in [0, 0.05) is 16.7 Å². The summed E-state index contributed by atoms with van der Waals surface area (Å²) in [5.74, 6) is 2.73. The third kappa shape index (κ3) is 8.66. The first-order valence-electron chi connectivity index (χ1n) is 17.0. The second-order valence-corrected chi connectivity index (χ2v) is 26.2. The smallest absolute Gasteiger partial charge is 0.346 e. The molecule has 3 unspecified atom stereocenters. The average molecular weight is 741 g/mol. The molecule has 11 nitrogen and oxygen atoms in total. The highest BCUT2D eigenvalue weighted by Crippen LogP contribution is 2.48. The molecule has 4 rings (SSSR count). The zero-order valence-electron chi connectivity index (χ0n) is 30.5. The van der Waals surface area contributed by atoms with Crippen molar-refractivity contribution in [3.63, 3.8) is 0 Å². The van der Waals surface area contributed by atoms with E-state index in [1.165, 1.54) is 6.33 Å². The Balaban J connectivity index is 1.83. The Morgan fingerprint density at radius 1 is 1.17 bits per heavy atom.